The average molecular weight is 281 g/mol. The minimum atomic E-state index is 0.309. The van der Waals surface area contributed by atoms with Gasteiger partial charge in [0.05, 0.1) is 0 Å². The Kier molecular flexibility index (Phi) is 3.98. The molecule has 2 aromatic rings. The lowest BCUT2D eigenvalue weighted by Gasteiger charge is -2.29. The van der Waals surface area contributed by atoms with E-state index in [0.717, 1.165) is 12.8 Å². The van der Waals surface area contributed by atoms with Gasteiger partial charge in [-0.1, -0.05) is 35.9 Å². The third-order valence-corrected chi connectivity index (χ3v) is 4.44. The van der Waals surface area contributed by atoms with E-state index in [1.165, 1.54) is 28.7 Å². The molecule has 0 bridgehead atoms. The van der Waals surface area contributed by atoms with Crippen LogP contribution in [0.5, 0.6) is 5.75 Å². The molecule has 1 aliphatic rings. The van der Waals surface area contributed by atoms with Gasteiger partial charge in [0, 0.05) is 12.1 Å². The maximum absolute atomic E-state index is 9.77. The van der Waals surface area contributed by atoms with Gasteiger partial charge < -0.3 is 10.4 Å². The fraction of sp³-hybridized carbons (Fsp3) is 0.368. The molecule has 1 aliphatic carbocycles. The first kappa shape index (κ1) is 14.2. The van der Waals surface area contributed by atoms with E-state index in [2.05, 4.69) is 49.5 Å². The van der Waals surface area contributed by atoms with Gasteiger partial charge in [-0.25, -0.2) is 0 Å². The second-order valence-corrected chi connectivity index (χ2v) is 6.13. The Morgan fingerprint density at radius 3 is 2.86 bits per heavy atom. The number of benzene rings is 2. The molecule has 1 unspecified atom stereocenters. The van der Waals surface area contributed by atoms with Crippen LogP contribution >= 0.6 is 0 Å². The van der Waals surface area contributed by atoms with Gasteiger partial charge in [-0.3, -0.25) is 0 Å². The van der Waals surface area contributed by atoms with Gasteiger partial charge in [0.2, 0.25) is 0 Å². The number of phenols is 1. The summed E-state index contributed by atoms with van der Waals surface area (Å²) in [5, 5.41) is 13.5. The number of aryl methyl sites for hydroxylation is 2. The Morgan fingerprint density at radius 1 is 1.19 bits per heavy atom. The van der Waals surface area contributed by atoms with Crippen molar-refractivity contribution in [2.45, 2.75) is 45.2 Å². The van der Waals surface area contributed by atoms with Crippen molar-refractivity contribution in [2.75, 3.05) is 0 Å². The first-order chi connectivity index (χ1) is 10.1. The van der Waals surface area contributed by atoms with E-state index in [0.29, 0.717) is 17.8 Å². The van der Waals surface area contributed by atoms with Crippen molar-refractivity contribution in [1.29, 1.82) is 0 Å². The van der Waals surface area contributed by atoms with E-state index in [1.54, 1.807) is 6.07 Å². The Balaban J connectivity index is 1.81. The lowest BCUT2D eigenvalue weighted by atomic mass is 9.87. The molecule has 2 heteroatoms. The Hall–Kier alpha value is -1.80. The molecular weight excluding hydrogens is 258 g/mol. The highest BCUT2D eigenvalue weighted by Crippen LogP contribution is 2.33. The number of fused-ring (bicyclic) bond motifs is 1. The van der Waals surface area contributed by atoms with E-state index in [-0.39, 0.29) is 0 Å². The molecule has 2 aromatic carbocycles. The maximum Gasteiger partial charge on any atom is 0.115 e. The minimum absolute atomic E-state index is 0.309. The van der Waals surface area contributed by atoms with Gasteiger partial charge in [-0.05, 0) is 61.9 Å². The largest absolute Gasteiger partial charge is 0.508 e. The predicted octanol–water partition coefficient (Wildman–Crippen LogP) is 4.43. The number of phenolic OH excluding ortho intramolecular Hbond substituents is 1. The van der Waals surface area contributed by atoms with E-state index in [4.69, 9.17) is 0 Å². The summed E-state index contributed by atoms with van der Waals surface area (Å²) in [5.41, 5.74) is 5.25. The molecule has 21 heavy (non-hydrogen) atoms. The van der Waals surface area contributed by atoms with Gasteiger partial charge in [-0.15, -0.1) is 0 Å². The van der Waals surface area contributed by atoms with Crippen LogP contribution in [0.25, 0.3) is 0 Å². The van der Waals surface area contributed by atoms with E-state index >= 15 is 0 Å². The summed E-state index contributed by atoms with van der Waals surface area (Å²) in [4.78, 5) is 0. The average Bonchev–Trinajstić information content (AvgIpc) is 2.48. The quantitative estimate of drug-likeness (QED) is 0.872. The molecular formula is C19H23NO. The molecule has 0 saturated heterocycles. The highest BCUT2D eigenvalue weighted by molar-refractivity contribution is 5.39. The van der Waals surface area contributed by atoms with Crippen LogP contribution in [0.2, 0.25) is 0 Å². The SMILES string of the molecule is Cc1cccc([C@@H](C)NC2CCCc3ccc(O)cc32)c1. The van der Waals surface area contributed by atoms with Crippen molar-refractivity contribution in [1.82, 2.24) is 5.32 Å². The van der Waals surface area contributed by atoms with Crippen LogP contribution in [-0.2, 0) is 6.42 Å². The smallest absolute Gasteiger partial charge is 0.115 e. The third-order valence-electron chi connectivity index (χ3n) is 4.44. The summed E-state index contributed by atoms with van der Waals surface area (Å²) in [5.74, 6) is 0.366. The van der Waals surface area contributed by atoms with Crippen molar-refractivity contribution < 1.29 is 5.11 Å². The zero-order chi connectivity index (χ0) is 14.8. The van der Waals surface area contributed by atoms with Crippen LogP contribution in [0.4, 0.5) is 0 Å². The Bertz CT molecular complexity index is 635. The summed E-state index contributed by atoms with van der Waals surface area (Å²) in [6.07, 6.45) is 3.45. The molecule has 0 fully saturated rings. The van der Waals surface area contributed by atoms with E-state index in [1.807, 2.05) is 6.07 Å². The van der Waals surface area contributed by atoms with Crippen LogP contribution in [0.15, 0.2) is 42.5 Å². The van der Waals surface area contributed by atoms with Gasteiger partial charge >= 0.3 is 0 Å². The Labute approximate surface area is 126 Å². The highest BCUT2D eigenvalue weighted by atomic mass is 16.3. The van der Waals surface area contributed by atoms with Crippen molar-refractivity contribution in [2.24, 2.45) is 0 Å². The third kappa shape index (κ3) is 3.11. The molecule has 2 N–H and O–H groups in total. The molecule has 0 amide bonds. The molecule has 2 nitrogen and oxygen atoms in total. The molecule has 110 valence electrons. The van der Waals surface area contributed by atoms with Crippen LogP contribution in [-0.4, -0.2) is 5.11 Å². The van der Waals surface area contributed by atoms with Crippen LogP contribution in [0.1, 0.15) is 54.1 Å². The topological polar surface area (TPSA) is 32.3 Å². The second-order valence-electron chi connectivity index (χ2n) is 6.13. The Morgan fingerprint density at radius 2 is 2.05 bits per heavy atom. The van der Waals surface area contributed by atoms with Crippen molar-refractivity contribution in [3.05, 3.63) is 64.7 Å². The van der Waals surface area contributed by atoms with Gasteiger partial charge in [0.25, 0.3) is 0 Å². The van der Waals surface area contributed by atoms with Crippen molar-refractivity contribution in [3.63, 3.8) is 0 Å². The first-order valence-electron chi connectivity index (χ1n) is 7.78. The normalized spacial score (nSPS) is 19.0. The van der Waals surface area contributed by atoms with Crippen molar-refractivity contribution >= 4 is 0 Å². The summed E-state index contributed by atoms with van der Waals surface area (Å²) in [7, 11) is 0. The summed E-state index contributed by atoms with van der Waals surface area (Å²) in [6.45, 7) is 4.34. The number of hydrogen-bond acceptors (Lipinski definition) is 2. The molecule has 0 aliphatic heterocycles. The van der Waals surface area contributed by atoms with Gasteiger partial charge in [0.1, 0.15) is 5.75 Å². The molecule has 0 saturated carbocycles. The maximum atomic E-state index is 9.77. The van der Waals surface area contributed by atoms with Crippen molar-refractivity contribution in [3.8, 4) is 5.75 Å². The van der Waals surface area contributed by atoms with Gasteiger partial charge in [-0.2, -0.15) is 0 Å². The van der Waals surface area contributed by atoms with Crippen LogP contribution in [0.3, 0.4) is 0 Å². The number of nitrogens with one attached hydrogen (secondary N) is 1. The number of hydrogen-bond donors (Lipinski definition) is 2. The zero-order valence-electron chi connectivity index (χ0n) is 12.8. The predicted molar refractivity (Wildman–Crippen MR) is 86.5 cm³/mol. The lowest BCUT2D eigenvalue weighted by Crippen LogP contribution is -2.27. The van der Waals surface area contributed by atoms with Gasteiger partial charge in [0.15, 0.2) is 0 Å². The molecule has 0 heterocycles. The molecule has 0 aromatic heterocycles. The van der Waals surface area contributed by atoms with E-state index < -0.39 is 0 Å². The monoisotopic (exact) mass is 281 g/mol. The fourth-order valence-corrected chi connectivity index (χ4v) is 3.30. The molecule has 0 spiro atoms. The summed E-state index contributed by atoms with van der Waals surface area (Å²) < 4.78 is 0. The van der Waals surface area contributed by atoms with E-state index in [9.17, 15) is 5.11 Å². The number of aromatic hydroxyl groups is 1. The first-order valence-corrected chi connectivity index (χ1v) is 7.78. The molecule has 0 radical (unpaired) electrons. The van der Waals surface area contributed by atoms with Crippen LogP contribution in [0, 0.1) is 6.92 Å². The second kappa shape index (κ2) is 5.90. The number of rotatable bonds is 3. The highest BCUT2D eigenvalue weighted by Gasteiger charge is 2.22. The molecule has 2 atom stereocenters. The standard InChI is InChI=1S/C19H23NO/c1-13-5-3-7-16(11-13)14(2)20-19-8-4-6-15-9-10-17(21)12-18(15)19/h3,5,7,9-12,14,19-21H,4,6,8H2,1-2H3/t14-,19?/m1/s1. The summed E-state index contributed by atoms with van der Waals surface area (Å²) in [6, 6.07) is 15.1. The zero-order valence-corrected chi connectivity index (χ0v) is 12.8. The minimum Gasteiger partial charge on any atom is -0.508 e. The summed E-state index contributed by atoms with van der Waals surface area (Å²) >= 11 is 0. The lowest BCUT2D eigenvalue weighted by molar-refractivity contribution is 0.410. The molecule has 3 rings (SSSR count). The van der Waals surface area contributed by atoms with Crippen LogP contribution < -0.4 is 5.32 Å². The fourth-order valence-electron chi connectivity index (χ4n) is 3.30.